The summed E-state index contributed by atoms with van der Waals surface area (Å²) in [7, 11) is 1.94. The van der Waals surface area contributed by atoms with E-state index in [1.807, 2.05) is 77.1 Å². The number of amides is 1. The lowest BCUT2D eigenvalue weighted by molar-refractivity contribution is 0.102. The minimum Gasteiger partial charge on any atom is -0.303 e. The van der Waals surface area contributed by atoms with E-state index in [2.05, 4.69) is 39.7 Å². The summed E-state index contributed by atoms with van der Waals surface area (Å²) >= 11 is 0. The number of benzene rings is 3. The second kappa shape index (κ2) is 13.2. The van der Waals surface area contributed by atoms with Crippen LogP contribution in [0.3, 0.4) is 0 Å². The Hall–Kier alpha value is -4.23. The van der Waals surface area contributed by atoms with Gasteiger partial charge in [0.25, 0.3) is 5.91 Å². The molecular formula is C35H40N6O. The predicted molar refractivity (Wildman–Crippen MR) is 170 cm³/mol. The molecule has 1 amide bonds. The second-order valence-corrected chi connectivity index (χ2v) is 11.4. The largest absolute Gasteiger partial charge is 0.303 e. The highest BCUT2D eigenvalue weighted by molar-refractivity contribution is 6.04. The quantitative estimate of drug-likeness (QED) is 0.173. The zero-order valence-electron chi connectivity index (χ0n) is 24.5. The van der Waals surface area contributed by atoms with Gasteiger partial charge in [-0.05, 0) is 99.3 Å². The van der Waals surface area contributed by atoms with E-state index in [1.165, 1.54) is 58.2 Å². The summed E-state index contributed by atoms with van der Waals surface area (Å²) in [6, 6.07) is 24.1. The Labute approximate surface area is 248 Å². The summed E-state index contributed by atoms with van der Waals surface area (Å²) in [6.45, 7) is 3.78. The molecule has 1 aliphatic rings. The van der Waals surface area contributed by atoms with Gasteiger partial charge < -0.3 is 4.90 Å². The van der Waals surface area contributed by atoms with Gasteiger partial charge in [-0.1, -0.05) is 55.7 Å². The zero-order chi connectivity index (χ0) is 28.7. The monoisotopic (exact) mass is 560 g/mol. The van der Waals surface area contributed by atoms with Crippen molar-refractivity contribution in [1.82, 2.24) is 24.2 Å². The molecule has 0 radical (unpaired) electrons. The standard InChI is InChI=1S/C35H40N6O/c1-39-33-19-18-28(24-30(33)25-36-39)27-13-12-14-29(23-27)34(42)38-35-37-31(26-41(35)32-16-7-4-8-17-32)15-6-2-3-9-20-40-21-10-5-11-22-40/h4,7-8,12-14,16-19,23-26H,2-3,5-6,9-11,15,20-22H2,1H3,(H,37,38,42). The number of nitrogens with zero attached hydrogens (tertiary/aromatic N) is 5. The third-order valence-corrected chi connectivity index (χ3v) is 8.33. The molecule has 3 heterocycles. The summed E-state index contributed by atoms with van der Waals surface area (Å²) in [4.78, 5) is 21.0. The molecule has 1 N–H and O–H groups in total. The number of likely N-dealkylation sites (tertiary alicyclic amines) is 1. The van der Waals surface area contributed by atoms with Gasteiger partial charge >= 0.3 is 0 Å². The van der Waals surface area contributed by atoms with E-state index in [0.29, 0.717) is 11.5 Å². The van der Waals surface area contributed by atoms with Crippen LogP contribution in [0.5, 0.6) is 0 Å². The maximum atomic E-state index is 13.5. The molecule has 7 nitrogen and oxygen atoms in total. The molecule has 2 aromatic heterocycles. The van der Waals surface area contributed by atoms with Crippen LogP contribution in [-0.4, -0.2) is 49.8 Å². The molecule has 0 unspecified atom stereocenters. The van der Waals surface area contributed by atoms with Gasteiger partial charge in [-0.25, -0.2) is 4.98 Å². The fourth-order valence-corrected chi connectivity index (χ4v) is 5.96. The molecule has 5 aromatic rings. The molecule has 0 saturated carbocycles. The summed E-state index contributed by atoms with van der Waals surface area (Å²) in [5.41, 5.74) is 5.69. The lowest BCUT2D eigenvalue weighted by atomic mass is 10.0. The van der Waals surface area contributed by atoms with Crippen molar-refractivity contribution in [2.75, 3.05) is 25.0 Å². The van der Waals surface area contributed by atoms with Gasteiger partial charge in [0.1, 0.15) is 0 Å². The summed E-state index contributed by atoms with van der Waals surface area (Å²) in [5.74, 6) is 0.375. The molecule has 42 heavy (non-hydrogen) atoms. The number of nitrogens with one attached hydrogen (secondary N) is 1. The van der Waals surface area contributed by atoms with Crippen molar-refractivity contribution in [3.63, 3.8) is 0 Å². The van der Waals surface area contributed by atoms with E-state index in [-0.39, 0.29) is 5.91 Å². The topological polar surface area (TPSA) is 68.0 Å². The number of para-hydroxylation sites is 1. The smallest absolute Gasteiger partial charge is 0.258 e. The number of aromatic nitrogens is 4. The van der Waals surface area contributed by atoms with Crippen LogP contribution in [0, 0.1) is 0 Å². The Balaban J connectivity index is 1.12. The zero-order valence-corrected chi connectivity index (χ0v) is 24.5. The summed E-state index contributed by atoms with van der Waals surface area (Å²) in [6.07, 6.45) is 13.8. The van der Waals surface area contributed by atoms with Crippen LogP contribution >= 0.6 is 0 Å². The molecule has 0 bridgehead atoms. The molecule has 1 fully saturated rings. The van der Waals surface area contributed by atoms with Crippen LogP contribution in [0.25, 0.3) is 27.7 Å². The number of carbonyl (C=O) groups excluding carboxylic acids is 1. The van der Waals surface area contributed by atoms with Gasteiger partial charge in [0.15, 0.2) is 0 Å². The lowest BCUT2D eigenvalue weighted by Crippen LogP contribution is -2.30. The first-order valence-corrected chi connectivity index (χ1v) is 15.3. The Morgan fingerprint density at radius 1 is 0.857 bits per heavy atom. The van der Waals surface area contributed by atoms with Crippen molar-refractivity contribution in [3.05, 3.63) is 96.4 Å². The van der Waals surface area contributed by atoms with Gasteiger partial charge in [-0.2, -0.15) is 5.10 Å². The van der Waals surface area contributed by atoms with Gasteiger partial charge in [-0.3, -0.25) is 19.4 Å². The van der Waals surface area contributed by atoms with E-state index in [9.17, 15) is 4.79 Å². The molecule has 0 aliphatic carbocycles. The summed E-state index contributed by atoms with van der Waals surface area (Å²) < 4.78 is 3.85. The highest BCUT2D eigenvalue weighted by Gasteiger charge is 2.15. The first kappa shape index (κ1) is 27.9. The highest BCUT2D eigenvalue weighted by Crippen LogP contribution is 2.26. The SMILES string of the molecule is Cn1ncc2cc(-c3cccc(C(=O)Nc4nc(CCCCCCN5CCCCC5)cn4-c4ccccc4)c3)ccc21. The van der Waals surface area contributed by atoms with Crippen LogP contribution in [0.2, 0.25) is 0 Å². The van der Waals surface area contributed by atoms with E-state index >= 15 is 0 Å². The van der Waals surface area contributed by atoms with Crippen LogP contribution in [0.4, 0.5) is 5.95 Å². The van der Waals surface area contributed by atoms with E-state index in [0.717, 1.165) is 46.3 Å². The first-order chi connectivity index (χ1) is 20.6. The Kier molecular flexibility index (Phi) is 8.75. The van der Waals surface area contributed by atoms with Gasteiger partial charge in [0, 0.05) is 29.9 Å². The lowest BCUT2D eigenvalue weighted by Gasteiger charge is -2.26. The van der Waals surface area contributed by atoms with E-state index in [1.54, 1.807) is 0 Å². The predicted octanol–water partition coefficient (Wildman–Crippen LogP) is 7.27. The number of hydrogen-bond acceptors (Lipinski definition) is 4. The van der Waals surface area contributed by atoms with Crippen LogP contribution < -0.4 is 5.32 Å². The molecule has 1 saturated heterocycles. The number of imidazole rings is 1. The normalized spacial score (nSPS) is 13.9. The molecule has 216 valence electrons. The Morgan fingerprint density at radius 2 is 1.67 bits per heavy atom. The van der Waals surface area contributed by atoms with Gasteiger partial charge in [-0.15, -0.1) is 0 Å². The van der Waals surface area contributed by atoms with Crippen molar-refractivity contribution >= 4 is 22.8 Å². The van der Waals surface area contributed by atoms with Gasteiger partial charge in [0.05, 0.1) is 17.4 Å². The number of unbranched alkanes of at least 4 members (excludes halogenated alkanes) is 3. The molecule has 6 rings (SSSR count). The van der Waals surface area contributed by atoms with Crippen molar-refractivity contribution in [2.45, 2.75) is 51.4 Å². The maximum absolute atomic E-state index is 13.5. The molecule has 7 heteroatoms. The van der Waals surface area contributed by atoms with Crippen molar-refractivity contribution in [1.29, 1.82) is 0 Å². The van der Waals surface area contributed by atoms with Crippen molar-refractivity contribution in [2.24, 2.45) is 7.05 Å². The Bertz CT molecular complexity index is 1630. The average molecular weight is 561 g/mol. The van der Waals surface area contributed by atoms with Crippen molar-refractivity contribution < 1.29 is 4.79 Å². The number of anilines is 1. The fraction of sp³-hybridized carbons (Fsp3) is 0.343. The second-order valence-electron chi connectivity index (χ2n) is 11.4. The third kappa shape index (κ3) is 6.63. The first-order valence-electron chi connectivity index (χ1n) is 15.3. The number of carbonyl (C=O) groups is 1. The molecule has 3 aromatic carbocycles. The number of piperidine rings is 1. The van der Waals surface area contributed by atoms with Gasteiger partial charge in [0.2, 0.25) is 5.95 Å². The fourth-order valence-electron chi connectivity index (χ4n) is 5.96. The molecule has 0 atom stereocenters. The minimum absolute atomic E-state index is 0.175. The molecule has 1 aliphatic heterocycles. The highest BCUT2D eigenvalue weighted by atomic mass is 16.1. The number of aryl methyl sites for hydroxylation is 2. The van der Waals surface area contributed by atoms with E-state index < -0.39 is 0 Å². The molecule has 0 spiro atoms. The maximum Gasteiger partial charge on any atom is 0.258 e. The average Bonchev–Trinajstić information content (AvgIpc) is 3.62. The van der Waals surface area contributed by atoms with Crippen LogP contribution in [-0.2, 0) is 13.5 Å². The number of hydrogen-bond donors (Lipinski definition) is 1. The van der Waals surface area contributed by atoms with Crippen LogP contribution in [0.1, 0.15) is 61.0 Å². The number of fused-ring (bicyclic) bond motifs is 1. The third-order valence-electron chi connectivity index (χ3n) is 8.33. The Morgan fingerprint density at radius 3 is 2.52 bits per heavy atom. The van der Waals surface area contributed by atoms with Crippen molar-refractivity contribution in [3.8, 4) is 16.8 Å². The molecular weight excluding hydrogens is 520 g/mol. The van der Waals surface area contributed by atoms with E-state index in [4.69, 9.17) is 4.98 Å². The minimum atomic E-state index is -0.175. The summed E-state index contributed by atoms with van der Waals surface area (Å²) in [5, 5.41) is 8.52. The van der Waals surface area contributed by atoms with Crippen LogP contribution in [0.15, 0.2) is 85.2 Å². The number of rotatable bonds is 11.